The van der Waals surface area contributed by atoms with E-state index in [9.17, 15) is 0 Å². The summed E-state index contributed by atoms with van der Waals surface area (Å²) < 4.78 is 2.23. The molecule has 3 rings (SSSR count). The number of hydrogen-bond acceptors (Lipinski definition) is 4. The predicted octanol–water partition coefficient (Wildman–Crippen LogP) is 3.11. The van der Waals surface area contributed by atoms with Crippen LogP contribution in [0.2, 0.25) is 0 Å². The first-order chi connectivity index (χ1) is 11.1. The standard InChI is InChI=1S/C18H23N5/c1-14(2)10-23-13-19-9-16(23)12-22(3)11-15-8-20-17-6-4-5-7-18(17)21-15/h4-9,13-14H,10-12H2,1-3H3. The number of rotatable bonds is 6. The molecule has 5 heteroatoms. The zero-order chi connectivity index (χ0) is 16.2. The summed E-state index contributed by atoms with van der Waals surface area (Å²) in [7, 11) is 2.10. The van der Waals surface area contributed by atoms with Crippen molar-refractivity contribution < 1.29 is 0 Å². The topological polar surface area (TPSA) is 46.8 Å². The summed E-state index contributed by atoms with van der Waals surface area (Å²) in [5.41, 5.74) is 4.10. The number of hydrogen-bond donors (Lipinski definition) is 0. The number of para-hydroxylation sites is 2. The van der Waals surface area contributed by atoms with Gasteiger partial charge in [-0.1, -0.05) is 26.0 Å². The van der Waals surface area contributed by atoms with E-state index in [-0.39, 0.29) is 0 Å². The average Bonchev–Trinajstić information content (AvgIpc) is 2.93. The van der Waals surface area contributed by atoms with Crippen molar-refractivity contribution in [1.29, 1.82) is 0 Å². The van der Waals surface area contributed by atoms with Crippen molar-refractivity contribution in [2.24, 2.45) is 5.92 Å². The lowest BCUT2D eigenvalue weighted by atomic mass is 10.2. The van der Waals surface area contributed by atoms with Crippen LogP contribution in [0, 0.1) is 5.92 Å². The predicted molar refractivity (Wildman–Crippen MR) is 91.8 cm³/mol. The molecule has 0 saturated carbocycles. The van der Waals surface area contributed by atoms with Gasteiger partial charge in [0.15, 0.2) is 0 Å². The Morgan fingerprint density at radius 2 is 1.87 bits per heavy atom. The monoisotopic (exact) mass is 309 g/mol. The molecule has 0 radical (unpaired) electrons. The van der Waals surface area contributed by atoms with Gasteiger partial charge in [-0.25, -0.2) is 9.97 Å². The lowest BCUT2D eigenvalue weighted by Crippen LogP contribution is -2.20. The van der Waals surface area contributed by atoms with Gasteiger partial charge < -0.3 is 4.57 Å². The van der Waals surface area contributed by atoms with Gasteiger partial charge in [0.1, 0.15) is 0 Å². The van der Waals surface area contributed by atoms with Gasteiger partial charge in [-0.05, 0) is 25.1 Å². The zero-order valence-corrected chi connectivity index (χ0v) is 14.0. The summed E-state index contributed by atoms with van der Waals surface area (Å²) in [6.07, 6.45) is 5.73. The van der Waals surface area contributed by atoms with Crippen LogP contribution in [0.5, 0.6) is 0 Å². The molecule has 0 spiro atoms. The lowest BCUT2D eigenvalue weighted by Gasteiger charge is -2.18. The van der Waals surface area contributed by atoms with Crippen LogP contribution in [0.1, 0.15) is 25.2 Å². The Hall–Kier alpha value is -2.27. The third-order valence-corrected chi connectivity index (χ3v) is 3.72. The SMILES string of the molecule is CC(C)Cn1cncc1CN(C)Cc1cnc2ccccc2n1. The van der Waals surface area contributed by atoms with E-state index in [0.717, 1.165) is 36.4 Å². The van der Waals surface area contributed by atoms with Crippen molar-refractivity contribution in [2.45, 2.75) is 33.5 Å². The molecule has 2 aromatic heterocycles. The van der Waals surface area contributed by atoms with Crippen LogP contribution in [0.4, 0.5) is 0 Å². The number of nitrogens with zero attached hydrogens (tertiary/aromatic N) is 5. The smallest absolute Gasteiger partial charge is 0.0948 e. The van der Waals surface area contributed by atoms with Crippen molar-refractivity contribution in [3.8, 4) is 0 Å². The normalized spacial score (nSPS) is 11.7. The molecule has 1 aromatic carbocycles. The van der Waals surface area contributed by atoms with E-state index in [2.05, 4.69) is 45.3 Å². The third-order valence-electron chi connectivity index (χ3n) is 3.72. The maximum absolute atomic E-state index is 4.69. The number of aromatic nitrogens is 4. The minimum atomic E-state index is 0.611. The average molecular weight is 309 g/mol. The van der Waals surface area contributed by atoms with E-state index in [1.165, 1.54) is 5.69 Å². The summed E-state index contributed by atoms with van der Waals surface area (Å²) in [5, 5.41) is 0. The molecule has 0 bridgehead atoms. The number of imidazole rings is 1. The van der Waals surface area contributed by atoms with Gasteiger partial charge >= 0.3 is 0 Å². The van der Waals surface area contributed by atoms with E-state index in [1.54, 1.807) is 0 Å². The summed E-state index contributed by atoms with van der Waals surface area (Å²) in [6.45, 7) is 7.06. The number of fused-ring (bicyclic) bond motifs is 1. The van der Waals surface area contributed by atoms with Crippen LogP contribution < -0.4 is 0 Å². The van der Waals surface area contributed by atoms with Gasteiger partial charge in [0, 0.05) is 25.8 Å². The van der Waals surface area contributed by atoms with Crippen LogP contribution >= 0.6 is 0 Å². The lowest BCUT2D eigenvalue weighted by molar-refractivity contribution is 0.303. The molecule has 0 aliphatic heterocycles. The second-order valence-corrected chi connectivity index (χ2v) is 6.45. The summed E-state index contributed by atoms with van der Waals surface area (Å²) in [5.74, 6) is 0.611. The molecule has 0 amide bonds. The molecule has 0 aliphatic rings. The molecule has 0 fully saturated rings. The maximum atomic E-state index is 4.69. The molecule has 0 saturated heterocycles. The molecule has 120 valence electrons. The molecule has 5 nitrogen and oxygen atoms in total. The van der Waals surface area contributed by atoms with E-state index >= 15 is 0 Å². The Balaban J connectivity index is 1.68. The maximum Gasteiger partial charge on any atom is 0.0948 e. The van der Waals surface area contributed by atoms with Crippen LogP contribution in [0.3, 0.4) is 0 Å². The fraction of sp³-hybridized carbons (Fsp3) is 0.389. The first-order valence-electron chi connectivity index (χ1n) is 8.00. The highest BCUT2D eigenvalue weighted by molar-refractivity contribution is 5.73. The van der Waals surface area contributed by atoms with Gasteiger partial charge in [0.05, 0.1) is 34.9 Å². The Morgan fingerprint density at radius 3 is 2.65 bits per heavy atom. The fourth-order valence-corrected chi connectivity index (χ4v) is 2.72. The fourth-order valence-electron chi connectivity index (χ4n) is 2.72. The molecule has 2 heterocycles. The van der Waals surface area contributed by atoms with Crippen LogP contribution in [0.15, 0.2) is 43.0 Å². The van der Waals surface area contributed by atoms with Crippen molar-refractivity contribution in [1.82, 2.24) is 24.4 Å². The second kappa shape index (κ2) is 6.87. The van der Waals surface area contributed by atoms with E-state index < -0.39 is 0 Å². The van der Waals surface area contributed by atoms with Crippen LogP contribution in [-0.4, -0.2) is 31.5 Å². The Morgan fingerprint density at radius 1 is 1.09 bits per heavy atom. The van der Waals surface area contributed by atoms with Gasteiger partial charge in [0.25, 0.3) is 0 Å². The Labute approximate surface area is 137 Å². The van der Waals surface area contributed by atoms with Crippen LogP contribution in [-0.2, 0) is 19.6 Å². The molecule has 0 N–H and O–H groups in total. The minimum absolute atomic E-state index is 0.611. The summed E-state index contributed by atoms with van der Waals surface area (Å²) >= 11 is 0. The highest BCUT2D eigenvalue weighted by Crippen LogP contribution is 2.12. The molecule has 0 unspecified atom stereocenters. The van der Waals surface area contributed by atoms with E-state index in [0.29, 0.717) is 5.92 Å². The summed E-state index contributed by atoms with van der Waals surface area (Å²) in [6, 6.07) is 7.97. The van der Waals surface area contributed by atoms with Crippen molar-refractivity contribution in [3.05, 3.63) is 54.4 Å². The first-order valence-corrected chi connectivity index (χ1v) is 8.00. The largest absolute Gasteiger partial charge is 0.333 e. The molecular weight excluding hydrogens is 286 g/mol. The van der Waals surface area contributed by atoms with Gasteiger partial charge in [0.2, 0.25) is 0 Å². The van der Waals surface area contributed by atoms with Gasteiger partial charge in [-0.3, -0.25) is 9.88 Å². The molecule has 0 atom stereocenters. The van der Waals surface area contributed by atoms with E-state index in [1.807, 2.05) is 43.0 Å². The minimum Gasteiger partial charge on any atom is -0.333 e. The van der Waals surface area contributed by atoms with Crippen LogP contribution in [0.25, 0.3) is 11.0 Å². The highest BCUT2D eigenvalue weighted by Gasteiger charge is 2.09. The van der Waals surface area contributed by atoms with Crippen molar-refractivity contribution in [3.63, 3.8) is 0 Å². The highest BCUT2D eigenvalue weighted by atomic mass is 15.1. The Bertz CT molecular complexity index is 778. The molecule has 0 aliphatic carbocycles. The first kappa shape index (κ1) is 15.6. The molecule has 23 heavy (non-hydrogen) atoms. The van der Waals surface area contributed by atoms with Gasteiger partial charge in [-0.15, -0.1) is 0 Å². The van der Waals surface area contributed by atoms with E-state index in [4.69, 9.17) is 0 Å². The van der Waals surface area contributed by atoms with Crippen molar-refractivity contribution in [2.75, 3.05) is 7.05 Å². The Kier molecular flexibility index (Phi) is 4.67. The third kappa shape index (κ3) is 3.93. The quantitative estimate of drug-likeness (QED) is 0.702. The summed E-state index contributed by atoms with van der Waals surface area (Å²) in [4.78, 5) is 15.7. The van der Waals surface area contributed by atoms with Crippen molar-refractivity contribution >= 4 is 11.0 Å². The zero-order valence-electron chi connectivity index (χ0n) is 14.0. The number of benzene rings is 1. The second-order valence-electron chi connectivity index (χ2n) is 6.45. The van der Waals surface area contributed by atoms with Gasteiger partial charge in [-0.2, -0.15) is 0 Å². The molecule has 3 aromatic rings. The molecular formula is C18H23N5.